The Morgan fingerprint density at radius 1 is 1.37 bits per heavy atom. The summed E-state index contributed by atoms with van der Waals surface area (Å²) < 4.78 is 16.6. The quantitative estimate of drug-likeness (QED) is 0.906. The second kappa shape index (κ2) is 5.97. The molecule has 2 rings (SSSR count). The van der Waals surface area contributed by atoms with E-state index in [0.29, 0.717) is 37.2 Å². The van der Waals surface area contributed by atoms with Gasteiger partial charge in [-0.15, -0.1) is 0 Å². The molecule has 0 atom stereocenters. The molecule has 4 heteroatoms. The Morgan fingerprint density at radius 3 is 2.74 bits per heavy atom. The molecule has 0 radical (unpaired) electrons. The lowest BCUT2D eigenvalue weighted by atomic mass is 10.00. The van der Waals surface area contributed by atoms with Gasteiger partial charge in [-0.2, -0.15) is 0 Å². The van der Waals surface area contributed by atoms with Gasteiger partial charge in [-0.1, -0.05) is 25.5 Å². The first-order valence-corrected chi connectivity index (χ1v) is 6.54. The molecule has 19 heavy (non-hydrogen) atoms. The molecule has 0 aliphatic carbocycles. The lowest BCUT2D eigenvalue weighted by Gasteiger charge is -2.21. The van der Waals surface area contributed by atoms with E-state index in [1.165, 1.54) is 5.57 Å². The Hall–Kier alpha value is -1.68. The molecule has 0 fully saturated rings. The van der Waals surface area contributed by atoms with Gasteiger partial charge in [0.05, 0.1) is 7.11 Å². The van der Waals surface area contributed by atoms with Crippen LogP contribution >= 0.6 is 0 Å². The molecule has 1 heterocycles. The van der Waals surface area contributed by atoms with Crippen LogP contribution in [0.5, 0.6) is 17.2 Å². The van der Waals surface area contributed by atoms with Crippen LogP contribution in [0.1, 0.15) is 19.4 Å². The normalized spacial score (nSPS) is 14.7. The highest BCUT2D eigenvalue weighted by Gasteiger charge is 2.18. The molecule has 1 aliphatic heterocycles. The molecule has 4 nitrogen and oxygen atoms in total. The van der Waals surface area contributed by atoms with Gasteiger partial charge in [0, 0.05) is 6.54 Å². The number of benzene rings is 1. The molecule has 1 aromatic carbocycles. The van der Waals surface area contributed by atoms with E-state index in [1.807, 2.05) is 12.1 Å². The number of ether oxygens (including phenoxy) is 3. The predicted molar refractivity (Wildman–Crippen MR) is 75.9 cm³/mol. The smallest absolute Gasteiger partial charge is 0.203 e. The Labute approximate surface area is 114 Å². The van der Waals surface area contributed by atoms with Gasteiger partial charge in [0.25, 0.3) is 0 Å². The van der Waals surface area contributed by atoms with Crippen molar-refractivity contribution < 1.29 is 14.2 Å². The van der Waals surface area contributed by atoms with Crippen LogP contribution in [-0.4, -0.2) is 26.9 Å². The van der Waals surface area contributed by atoms with E-state index in [0.717, 1.165) is 11.3 Å². The lowest BCUT2D eigenvalue weighted by molar-refractivity contribution is 0.165. The van der Waals surface area contributed by atoms with Crippen molar-refractivity contribution >= 4 is 6.08 Å². The van der Waals surface area contributed by atoms with E-state index in [2.05, 4.69) is 19.9 Å². The zero-order chi connectivity index (χ0) is 13.8. The monoisotopic (exact) mass is 263 g/mol. The van der Waals surface area contributed by atoms with Crippen molar-refractivity contribution in [1.29, 1.82) is 0 Å². The standard InChI is InChI=1S/C15H21NO3/c1-10(2)12(9-16)6-11-7-13(17-3)15-14(8-11)18-4-5-19-15/h6-8,10H,4-5,9,16H2,1-3H3. The van der Waals surface area contributed by atoms with Gasteiger partial charge >= 0.3 is 0 Å². The van der Waals surface area contributed by atoms with Crippen molar-refractivity contribution in [3.05, 3.63) is 23.3 Å². The number of methoxy groups -OCH3 is 1. The molecule has 1 aliphatic rings. The van der Waals surface area contributed by atoms with Gasteiger partial charge in [0.15, 0.2) is 11.5 Å². The molecule has 0 amide bonds. The Kier molecular flexibility index (Phi) is 4.32. The average molecular weight is 263 g/mol. The SMILES string of the molecule is COc1cc(C=C(CN)C(C)C)cc2c1OCCO2. The van der Waals surface area contributed by atoms with E-state index in [1.54, 1.807) is 7.11 Å². The van der Waals surface area contributed by atoms with Crippen LogP contribution in [0.25, 0.3) is 6.08 Å². The summed E-state index contributed by atoms with van der Waals surface area (Å²) in [5, 5.41) is 0. The van der Waals surface area contributed by atoms with Crippen LogP contribution in [0.15, 0.2) is 17.7 Å². The van der Waals surface area contributed by atoms with E-state index in [-0.39, 0.29) is 0 Å². The molecule has 0 aromatic heterocycles. The van der Waals surface area contributed by atoms with Crippen molar-refractivity contribution in [1.82, 2.24) is 0 Å². The minimum Gasteiger partial charge on any atom is -0.493 e. The summed E-state index contributed by atoms with van der Waals surface area (Å²) in [7, 11) is 1.63. The first kappa shape index (κ1) is 13.7. The summed E-state index contributed by atoms with van der Waals surface area (Å²) in [6.07, 6.45) is 2.09. The van der Waals surface area contributed by atoms with Crippen LogP contribution in [0.3, 0.4) is 0 Å². The maximum absolute atomic E-state index is 5.77. The first-order chi connectivity index (χ1) is 9.15. The van der Waals surface area contributed by atoms with Crippen LogP contribution in [0.2, 0.25) is 0 Å². The lowest BCUT2D eigenvalue weighted by Crippen LogP contribution is -2.16. The molecule has 2 N–H and O–H groups in total. The van der Waals surface area contributed by atoms with Crippen LogP contribution < -0.4 is 19.9 Å². The summed E-state index contributed by atoms with van der Waals surface area (Å²) in [4.78, 5) is 0. The summed E-state index contributed by atoms with van der Waals surface area (Å²) >= 11 is 0. The molecule has 104 valence electrons. The highest BCUT2D eigenvalue weighted by molar-refractivity contribution is 5.64. The topological polar surface area (TPSA) is 53.7 Å². The Balaban J connectivity index is 2.42. The minimum absolute atomic E-state index is 0.421. The third kappa shape index (κ3) is 3.01. The van der Waals surface area contributed by atoms with Crippen LogP contribution in [0.4, 0.5) is 0 Å². The second-order valence-corrected chi connectivity index (χ2v) is 4.83. The minimum atomic E-state index is 0.421. The number of hydrogen-bond donors (Lipinski definition) is 1. The number of nitrogens with two attached hydrogens (primary N) is 1. The number of hydrogen-bond acceptors (Lipinski definition) is 4. The highest BCUT2D eigenvalue weighted by Crippen LogP contribution is 2.40. The van der Waals surface area contributed by atoms with E-state index in [9.17, 15) is 0 Å². The maximum Gasteiger partial charge on any atom is 0.203 e. The third-order valence-electron chi connectivity index (χ3n) is 3.18. The summed E-state index contributed by atoms with van der Waals surface area (Å²) in [5.74, 6) is 2.54. The van der Waals surface area contributed by atoms with Gasteiger partial charge in [-0.05, 0) is 23.6 Å². The van der Waals surface area contributed by atoms with Crippen molar-refractivity contribution in [2.75, 3.05) is 26.9 Å². The van der Waals surface area contributed by atoms with Gasteiger partial charge < -0.3 is 19.9 Å². The van der Waals surface area contributed by atoms with E-state index >= 15 is 0 Å². The maximum atomic E-state index is 5.77. The summed E-state index contributed by atoms with van der Waals surface area (Å²) in [6.45, 7) is 5.94. The molecule has 0 saturated heterocycles. The fourth-order valence-electron chi connectivity index (χ4n) is 2.05. The van der Waals surface area contributed by atoms with Crippen molar-refractivity contribution in [3.8, 4) is 17.2 Å². The molecular formula is C15H21NO3. The third-order valence-corrected chi connectivity index (χ3v) is 3.18. The average Bonchev–Trinajstić information content (AvgIpc) is 2.43. The zero-order valence-electron chi connectivity index (χ0n) is 11.7. The van der Waals surface area contributed by atoms with Crippen molar-refractivity contribution in [2.24, 2.45) is 11.7 Å². The predicted octanol–water partition coefficient (Wildman–Crippen LogP) is 2.46. The fourth-order valence-corrected chi connectivity index (χ4v) is 2.05. The van der Waals surface area contributed by atoms with Gasteiger partial charge in [0.2, 0.25) is 5.75 Å². The summed E-state index contributed by atoms with van der Waals surface area (Å²) in [6, 6.07) is 3.92. The molecule has 0 saturated carbocycles. The number of fused-ring (bicyclic) bond motifs is 1. The van der Waals surface area contributed by atoms with Crippen LogP contribution in [0, 0.1) is 5.92 Å². The Morgan fingerprint density at radius 2 is 2.11 bits per heavy atom. The molecular weight excluding hydrogens is 242 g/mol. The molecule has 1 aromatic rings. The Bertz CT molecular complexity index is 463. The van der Waals surface area contributed by atoms with Crippen LogP contribution in [-0.2, 0) is 0 Å². The summed E-state index contributed by atoms with van der Waals surface area (Å²) in [5.41, 5.74) is 7.99. The van der Waals surface area contributed by atoms with E-state index < -0.39 is 0 Å². The fraction of sp³-hybridized carbons (Fsp3) is 0.467. The van der Waals surface area contributed by atoms with Gasteiger partial charge in [0.1, 0.15) is 13.2 Å². The number of rotatable bonds is 4. The molecule has 0 bridgehead atoms. The highest BCUT2D eigenvalue weighted by atomic mass is 16.6. The van der Waals surface area contributed by atoms with Crippen molar-refractivity contribution in [2.45, 2.75) is 13.8 Å². The molecule has 0 unspecified atom stereocenters. The second-order valence-electron chi connectivity index (χ2n) is 4.83. The van der Waals surface area contributed by atoms with Gasteiger partial charge in [-0.25, -0.2) is 0 Å². The first-order valence-electron chi connectivity index (χ1n) is 6.54. The van der Waals surface area contributed by atoms with E-state index in [4.69, 9.17) is 19.9 Å². The van der Waals surface area contributed by atoms with Gasteiger partial charge in [-0.3, -0.25) is 0 Å². The molecule has 0 spiro atoms. The van der Waals surface area contributed by atoms with Crippen molar-refractivity contribution in [3.63, 3.8) is 0 Å². The zero-order valence-corrected chi connectivity index (χ0v) is 11.7. The largest absolute Gasteiger partial charge is 0.493 e.